The number of ketones is 1. The molecule has 4 aromatic rings. The number of thiophene rings is 1. The van der Waals surface area contributed by atoms with E-state index in [1.54, 1.807) is 23.1 Å². The molecule has 0 spiro atoms. The second-order valence-corrected chi connectivity index (χ2v) is 9.77. The lowest BCUT2D eigenvalue weighted by Crippen LogP contribution is -2.31. The fraction of sp³-hybridized carbons (Fsp3) is 0.185. The topological polar surface area (TPSA) is 71.8 Å². The number of amides is 1. The van der Waals surface area contributed by atoms with Crippen LogP contribution in [0.15, 0.2) is 71.7 Å². The van der Waals surface area contributed by atoms with E-state index in [2.05, 4.69) is 22.9 Å². The molecule has 2 aromatic heterocycles. The zero-order chi connectivity index (χ0) is 24.7. The van der Waals surface area contributed by atoms with Gasteiger partial charge in [-0.1, -0.05) is 35.9 Å². The molecule has 6 nitrogen and oxygen atoms in total. The molecule has 5 rings (SSSR count). The lowest BCUT2D eigenvalue weighted by molar-refractivity contribution is -0.139. The maximum absolute atomic E-state index is 13.2. The molecular weight excluding hydrogens is 484 g/mol. The number of fused-ring (bicyclic) bond motifs is 1. The molecular formula is C27H23ClN2O4S. The number of carbonyl (C=O) groups is 2. The Labute approximate surface area is 211 Å². The van der Waals surface area contributed by atoms with Gasteiger partial charge < -0.3 is 19.3 Å². The number of para-hydroxylation sites is 1. The largest absolute Gasteiger partial charge is 0.507 e. The summed E-state index contributed by atoms with van der Waals surface area (Å²) in [5, 5.41) is 14.5. The molecule has 1 N–H and O–H groups in total. The van der Waals surface area contributed by atoms with E-state index in [9.17, 15) is 14.7 Å². The molecule has 1 unspecified atom stereocenters. The number of rotatable bonds is 6. The number of aromatic nitrogens is 1. The second-order valence-electron chi connectivity index (χ2n) is 8.39. The van der Waals surface area contributed by atoms with Crippen molar-refractivity contribution in [2.24, 2.45) is 7.05 Å². The van der Waals surface area contributed by atoms with E-state index in [4.69, 9.17) is 16.3 Å². The van der Waals surface area contributed by atoms with Crippen LogP contribution in [0.25, 0.3) is 16.7 Å². The van der Waals surface area contributed by atoms with Gasteiger partial charge in [-0.15, -0.1) is 11.3 Å². The van der Waals surface area contributed by atoms with Crippen molar-refractivity contribution in [3.05, 3.63) is 92.8 Å². The highest BCUT2D eigenvalue weighted by molar-refractivity contribution is 7.10. The number of benzene rings is 2. The first-order chi connectivity index (χ1) is 16.9. The molecule has 2 aromatic carbocycles. The Morgan fingerprint density at radius 1 is 1.14 bits per heavy atom. The molecule has 35 heavy (non-hydrogen) atoms. The maximum atomic E-state index is 13.2. The predicted molar refractivity (Wildman–Crippen MR) is 138 cm³/mol. The molecule has 1 fully saturated rings. The first-order valence-electron chi connectivity index (χ1n) is 11.1. The van der Waals surface area contributed by atoms with Crippen LogP contribution in [-0.2, 0) is 23.1 Å². The number of Topliss-reactive ketones (excluding diaryl/α,β-unsaturated/α-hetero) is 1. The average Bonchev–Trinajstić information content (AvgIpc) is 3.56. The van der Waals surface area contributed by atoms with Gasteiger partial charge in [-0.2, -0.15) is 0 Å². The minimum absolute atomic E-state index is 0.0329. The summed E-state index contributed by atoms with van der Waals surface area (Å²) < 4.78 is 7.32. The van der Waals surface area contributed by atoms with Crippen molar-refractivity contribution in [3.8, 4) is 5.75 Å². The van der Waals surface area contributed by atoms with Crippen LogP contribution in [0.4, 0.5) is 0 Å². The molecule has 1 atom stereocenters. The van der Waals surface area contributed by atoms with Crippen LogP contribution in [0.1, 0.15) is 22.0 Å². The van der Waals surface area contributed by atoms with Crippen molar-refractivity contribution >= 4 is 51.3 Å². The molecule has 178 valence electrons. The third-order valence-electron chi connectivity index (χ3n) is 6.38. The van der Waals surface area contributed by atoms with Gasteiger partial charge in [-0.3, -0.25) is 9.59 Å². The van der Waals surface area contributed by atoms with Crippen molar-refractivity contribution in [1.29, 1.82) is 0 Å². The van der Waals surface area contributed by atoms with E-state index < -0.39 is 17.7 Å². The number of halogens is 1. The standard InChI is InChI=1S/C27H23ClN2O4S/c1-29-15-16(18-6-3-4-7-21(18)29)11-12-30-24(22-8-5-13-35-22)23(26(32)27(30)33)25(31)19-14-17(34-2)9-10-20(19)28/h3-10,13-15,24,31H,11-12H2,1-2H3/b25-23-. The number of aliphatic hydroxyl groups excluding tert-OH is 1. The van der Waals surface area contributed by atoms with Gasteiger partial charge in [-0.05, 0) is 47.7 Å². The van der Waals surface area contributed by atoms with Crippen LogP contribution < -0.4 is 4.74 Å². The lowest BCUT2D eigenvalue weighted by Gasteiger charge is -2.24. The number of nitrogens with zero attached hydrogens (tertiary/aromatic N) is 2. The summed E-state index contributed by atoms with van der Waals surface area (Å²) in [6.07, 6.45) is 2.62. The normalized spacial score (nSPS) is 17.5. The Balaban J connectivity index is 1.57. The second kappa shape index (κ2) is 9.24. The van der Waals surface area contributed by atoms with Crippen LogP contribution in [0.5, 0.6) is 5.75 Å². The number of aliphatic hydroxyl groups is 1. The average molecular weight is 507 g/mol. The van der Waals surface area contributed by atoms with Crippen LogP contribution in [0.2, 0.25) is 5.02 Å². The van der Waals surface area contributed by atoms with Crippen molar-refractivity contribution < 1.29 is 19.4 Å². The van der Waals surface area contributed by atoms with E-state index in [0.717, 1.165) is 21.3 Å². The number of hydrogen-bond donors (Lipinski definition) is 1. The molecule has 0 radical (unpaired) electrons. The quantitative estimate of drug-likeness (QED) is 0.211. The summed E-state index contributed by atoms with van der Waals surface area (Å²) >= 11 is 7.79. The van der Waals surface area contributed by atoms with Crippen LogP contribution in [-0.4, -0.2) is 39.9 Å². The molecule has 1 aliphatic heterocycles. The lowest BCUT2D eigenvalue weighted by atomic mass is 9.99. The highest BCUT2D eigenvalue weighted by Crippen LogP contribution is 2.42. The minimum atomic E-state index is -0.724. The summed E-state index contributed by atoms with van der Waals surface area (Å²) in [5.41, 5.74) is 2.47. The number of hydrogen-bond acceptors (Lipinski definition) is 5. The maximum Gasteiger partial charge on any atom is 0.295 e. The molecule has 3 heterocycles. The Bertz CT molecular complexity index is 1470. The van der Waals surface area contributed by atoms with E-state index in [0.29, 0.717) is 18.7 Å². The van der Waals surface area contributed by atoms with Gasteiger partial charge in [0, 0.05) is 41.1 Å². The summed E-state index contributed by atoms with van der Waals surface area (Å²) in [4.78, 5) is 28.8. The van der Waals surface area contributed by atoms with Gasteiger partial charge in [0.2, 0.25) is 0 Å². The van der Waals surface area contributed by atoms with Crippen molar-refractivity contribution in [1.82, 2.24) is 9.47 Å². The predicted octanol–water partition coefficient (Wildman–Crippen LogP) is 5.57. The smallest absolute Gasteiger partial charge is 0.295 e. The summed E-state index contributed by atoms with van der Waals surface area (Å²) in [5.74, 6) is -1.19. The third kappa shape index (κ3) is 4.00. The molecule has 1 aliphatic rings. The van der Waals surface area contributed by atoms with Gasteiger partial charge >= 0.3 is 0 Å². The SMILES string of the molecule is COc1ccc(Cl)c(/C(O)=C2/C(=O)C(=O)N(CCc3cn(C)c4ccccc34)C2c2cccs2)c1. The molecule has 0 saturated carbocycles. The number of ether oxygens (including phenoxy) is 1. The van der Waals surface area contributed by atoms with Crippen molar-refractivity contribution in [2.75, 3.05) is 13.7 Å². The first-order valence-corrected chi connectivity index (χ1v) is 12.3. The number of methoxy groups -OCH3 is 1. The first kappa shape index (κ1) is 23.2. The Morgan fingerprint density at radius 3 is 2.69 bits per heavy atom. The van der Waals surface area contributed by atoms with E-state index in [-0.39, 0.29) is 21.9 Å². The summed E-state index contributed by atoms with van der Waals surface area (Å²) in [6, 6.07) is 15.9. The van der Waals surface area contributed by atoms with E-state index in [1.807, 2.05) is 36.7 Å². The number of aryl methyl sites for hydroxylation is 1. The Morgan fingerprint density at radius 2 is 1.94 bits per heavy atom. The van der Waals surface area contributed by atoms with E-state index >= 15 is 0 Å². The number of likely N-dealkylation sites (tertiary alicyclic amines) is 1. The fourth-order valence-corrected chi connectivity index (χ4v) is 5.73. The number of carbonyl (C=O) groups excluding carboxylic acids is 2. The van der Waals surface area contributed by atoms with Crippen LogP contribution in [0.3, 0.4) is 0 Å². The van der Waals surface area contributed by atoms with Gasteiger partial charge in [-0.25, -0.2) is 0 Å². The zero-order valence-corrected chi connectivity index (χ0v) is 20.8. The van der Waals surface area contributed by atoms with Crippen molar-refractivity contribution in [3.63, 3.8) is 0 Å². The van der Waals surface area contributed by atoms with Crippen molar-refractivity contribution in [2.45, 2.75) is 12.5 Å². The molecule has 0 aliphatic carbocycles. The fourth-order valence-electron chi connectivity index (χ4n) is 4.68. The zero-order valence-electron chi connectivity index (χ0n) is 19.2. The van der Waals surface area contributed by atoms with Gasteiger partial charge in [0.05, 0.1) is 23.7 Å². The molecule has 0 bridgehead atoms. The molecule has 8 heteroatoms. The third-order valence-corrected chi connectivity index (χ3v) is 7.64. The monoisotopic (exact) mass is 506 g/mol. The van der Waals surface area contributed by atoms with E-state index in [1.165, 1.54) is 18.4 Å². The Kier molecular flexibility index (Phi) is 6.13. The minimum Gasteiger partial charge on any atom is -0.507 e. The highest BCUT2D eigenvalue weighted by Gasteiger charge is 2.46. The molecule has 1 saturated heterocycles. The van der Waals surface area contributed by atoms with Gasteiger partial charge in [0.15, 0.2) is 0 Å². The van der Waals surface area contributed by atoms with Crippen LogP contribution in [0, 0.1) is 0 Å². The van der Waals surface area contributed by atoms with Crippen LogP contribution >= 0.6 is 22.9 Å². The highest BCUT2D eigenvalue weighted by atomic mass is 35.5. The van der Waals surface area contributed by atoms with Gasteiger partial charge in [0.25, 0.3) is 11.7 Å². The summed E-state index contributed by atoms with van der Waals surface area (Å²) in [7, 11) is 3.49. The summed E-state index contributed by atoms with van der Waals surface area (Å²) in [6.45, 7) is 0.323. The Hall–Kier alpha value is -3.55. The van der Waals surface area contributed by atoms with Gasteiger partial charge in [0.1, 0.15) is 11.5 Å². The molecule has 1 amide bonds.